The third-order valence-corrected chi connectivity index (χ3v) is 2.83. The lowest BCUT2D eigenvalue weighted by Gasteiger charge is -2.36. The Labute approximate surface area is 78.4 Å². The quantitative estimate of drug-likeness (QED) is 0.762. The minimum atomic E-state index is -0.415. The van der Waals surface area contributed by atoms with Gasteiger partial charge in [-0.25, -0.2) is 0 Å². The summed E-state index contributed by atoms with van der Waals surface area (Å²) in [7, 11) is 0. The van der Waals surface area contributed by atoms with Crippen LogP contribution in [-0.2, 0) is 13.0 Å². The van der Waals surface area contributed by atoms with Crippen LogP contribution in [0.4, 0.5) is 0 Å². The van der Waals surface area contributed by atoms with E-state index in [0.717, 1.165) is 31.4 Å². The molecule has 0 saturated heterocycles. The van der Waals surface area contributed by atoms with Gasteiger partial charge in [0.15, 0.2) is 0 Å². The molecule has 1 aromatic rings. The van der Waals surface area contributed by atoms with Crippen LogP contribution in [0, 0.1) is 0 Å². The Morgan fingerprint density at radius 2 is 2.38 bits per heavy atom. The van der Waals surface area contributed by atoms with Gasteiger partial charge < -0.3 is 5.11 Å². The fourth-order valence-electron chi connectivity index (χ4n) is 1.81. The third-order valence-electron chi connectivity index (χ3n) is 2.83. The molecule has 72 valence electrons. The average molecular weight is 180 g/mol. The van der Waals surface area contributed by atoms with Crippen molar-refractivity contribution in [3.05, 3.63) is 18.0 Å². The molecule has 0 aromatic carbocycles. The smallest absolute Gasteiger partial charge is 0.0689 e. The first-order chi connectivity index (χ1) is 6.22. The lowest BCUT2D eigenvalue weighted by atomic mass is 9.76. The molecule has 0 unspecified atom stereocenters. The molecule has 0 amide bonds. The molecule has 0 radical (unpaired) electrons. The van der Waals surface area contributed by atoms with Crippen molar-refractivity contribution in [2.24, 2.45) is 0 Å². The van der Waals surface area contributed by atoms with Crippen LogP contribution in [0.15, 0.2) is 12.4 Å². The zero-order valence-corrected chi connectivity index (χ0v) is 8.03. The summed E-state index contributed by atoms with van der Waals surface area (Å²) in [5.41, 5.74) is 0.741. The second-order valence-electron chi connectivity index (χ2n) is 3.96. The highest BCUT2D eigenvalue weighted by Gasteiger charge is 2.34. The number of rotatable bonds is 3. The first-order valence-electron chi connectivity index (χ1n) is 4.95. The Balaban J connectivity index is 2.01. The highest BCUT2D eigenvalue weighted by Crippen LogP contribution is 2.34. The lowest BCUT2D eigenvalue weighted by Crippen LogP contribution is -2.38. The molecule has 1 fully saturated rings. The van der Waals surface area contributed by atoms with Crippen molar-refractivity contribution < 1.29 is 5.11 Å². The molecule has 1 aromatic heterocycles. The lowest BCUT2D eigenvalue weighted by molar-refractivity contribution is -0.0323. The number of aliphatic hydroxyl groups is 1. The molecule has 1 aliphatic rings. The Morgan fingerprint density at radius 1 is 1.62 bits per heavy atom. The van der Waals surface area contributed by atoms with Gasteiger partial charge in [-0.3, -0.25) is 4.68 Å². The van der Waals surface area contributed by atoms with E-state index in [4.69, 9.17) is 0 Å². The van der Waals surface area contributed by atoms with Crippen molar-refractivity contribution >= 4 is 0 Å². The van der Waals surface area contributed by atoms with Crippen LogP contribution in [0.2, 0.25) is 0 Å². The maximum atomic E-state index is 9.91. The number of nitrogens with zero attached hydrogens (tertiary/aromatic N) is 2. The zero-order chi connectivity index (χ0) is 9.31. The van der Waals surface area contributed by atoms with Gasteiger partial charge in [0.2, 0.25) is 0 Å². The topological polar surface area (TPSA) is 38.0 Å². The maximum absolute atomic E-state index is 9.91. The monoisotopic (exact) mass is 180 g/mol. The van der Waals surface area contributed by atoms with Crippen LogP contribution in [0.25, 0.3) is 0 Å². The summed E-state index contributed by atoms with van der Waals surface area (Å²) in [6.07, 6.45) is 7.72. The van der Waals surface area contributed by atoms with E-state index < -0.39 is 5.60 Å². The molecule has 3 heteroatoms. The van der Waals surface area contributed by atoms with E-state index in [9.17, 15) is 5.11 Å². The predicted molar refractivity (Wildman–Crippen MR) is 50.4 cm³/mol. The summed E-state index contributed by atoms with van der Waals surface area (Å²) >= 11 is 0. The second kappa shape index (κ2) is 3.14. The number of hydrogen-bond donors (Lipinski definition) is 1. The third kappa shape index (κ3) is 1.75. The molecule has 3 nitrogen and oxygen atoms in total. The molecule has 0 atom stereocenters. The highest BCUT2D eigenvalue weighted by atomic mass is 16.3. The Morgan fingerprint density at radius 3 is 2.85 bits per heavy atom. The van der Waals surface area contributed by atoms with Gasteiger partial charge in [0.1, 0.15) is 0 Å². The van der Waals surface area contributed by atoms with Crippen LogP contribution >= 0.6 is 0 Å². The van der Waals surface area contributed by atoms with E-state index in [0.29, 0.717) is 0 Å². The molecule has 0 spiro atoms. The Hall–Kier alpha value is -0.830. The first-order valence-corrected chi connectivity index (χ1v) is 4.95. The van der Waals surface area contributed by atoms with Crippen molar-refractivity contribution in [3.63, 3.8) is 0 Å². The van der Waals surface area contributed by atoms with Gasteiger partial charge in [-0.1, -0.05) is 0 Å². The van der Waals surface area contributed by atoms with Gasteiger partial charge in [-0.2, -0.15) is 5.10 Å². The van der Waals surface area contributed by atoms with Gasteiger partial charge in [-0.15, -0.1) is 0 Å². The Kier molecular flexibility index (Phi) is 2.12. The molecular formula is C10H16N2O. The van der Waals surface area contributed by atoms with Gasteiger partial charge in [0.25, 0.3) is 0 Å². The van der Waals surface area contributed by atoms with Crippen molar-refractivity contribution in [1.29, 1.82) is 0 Å². The number of hydrogen-bond acceptors (Lipinski definition) is 2. The summed E-state index contributed by atoms with van der Waals surface area (Å²) in [6, 6.07) is 0. The molecular weight excluding hydrogens is 164 g/mol. The molecule has 1 heterocycles. The molecule has 1 saturated carbocycles. The van der Waals surface area contributed by atoms with Gasteiger partial charge in [0, 0.05) is 19.2 Å². The largest absolute Gasteiger partial charge is 0.390 e. The highest BCUT2D eigenvalue weighted by molar-refractivity contribution is 5.10. The minimum absolute atomic E-state index is 0.415. The second-order valence-corrected chi connectivity index (χ2v) is 3.96. The van der Waals surface area contributed by atoms with Crippen molar-refractivity contribution in [2.45, 2.75) is 44.8 Å². The summed E-state index contributed by atoms with van der Waals surface area (Å²) in [5.74, 6) is 0. The van der Waals surface area contributed by atoms with E-state index in [1.54, 1.807) is 0 Å². The molecule has 13 heavy (non-hydrogen) atoms. The molecule has 2 rings (SSSR count). The standard InChI is InChI=1S/C10H16N2O/c1-2-12-8-9(7-11-12)6-10(13)4-3-5-10/h7-8,13H,2-6H2,1H3. The van der Waals surface area contributed by atoms with Crippen LogP contribution in [0.5, 0.6) is 0 Å². The number of aryl methyl sites for hydroxylation is 1. The van der Waals surface area contributed by atoms with Crippen LogP contribution in [0.1, 0.15) is 31.7 Å². The first kappa shape index (κ1) is 8.75. The fraction of sp³-hybridized carbons (Fsp3) is 0.700. The Bertz CT molecular complexity index is 289. The van der Waals surface area contributed by atoms with Gasteiger partial charge in [-0.05, 0) is 31.7 Å². The van der Waals surface area contributed by atoms with Crippen molar-refractivity contribution in [2.75, 3.05) is 0 Å². The van der Waals surface area contributed by atoms with Crippen molar-refractivity contribution in [1.82, 2.24) is 9.78 Å². The fourth-order valence-corrected chi connectivity index (χ4v) is 1.81. The molecule has 1 aliphatic carbocycles. The maximum Gasteiger partial charge on any atom is 0.0689 e. The molecule has 1 N–H and O–H groups in total. The normalized spacial score (nSPS) is 19.8. The molecule has 0 bridgehead atoms. The van der Waals surface area contributed by atoms with E-state index >= 15 is 0 Å². The summed E-state index contributed by atoms with van der Waals surface area (Å²) < 4.78 is 1.90. The van der Waals surface area contributed by atoms with E-state index in [1.807, 2.05) is 17.1 Å². The van der Waals surface area contributed by atoms with E-state index in [2.05, 4.69) is 12.0 Å². The van der Waals surface area contributed by atoms with Crippen LogP contribution in [-0.4, -0.2) is 20.5 Å². The SMILES string of the molecule is CCn1cc(CC2(O)CCC2)cn1. The van der Waals surface area contributed by atoms with Gasteiger partial charge >= 0.3 is 0 Å². The van der Waals surface area contributed by atoms with E-state index in [-0.39, 0.29) is 0 Å². The molecule has 0 aliphatic heterocycles. The van der Waals surface area contributed by atoms with Crippen LogP contribution in [0.3, 0.4) is 0 Å². The predicted octanol–water partition coefficient (Wildman–Crippen LogP) is 1.36. The summed E-state index contributed by atoms with van der Waals surface area (Å²) in [5, 5.41) is 14.1. The summed E-state index contributed by atoms with van der Waals surface area (Å²) in [4.78, 5) is 0. The van der Waals surface area contributed by atoms with E-state index in [1.165, 1.54) is 6.42 Å². The minimum Gasteiger partial charge on any atom is -0.390 e. The van der Waals surface area contributed by atoms with Gasteiger partial charge in [0.05, 0.1) is 11.8 Å². The number of aromatic nitrogens is 2. The van der Waals surface area contributed by atoms with Crippen molar-refractivity contribution in [3.8, 4) is 0 Å². The summed E-state index contributed by atoms with van der Waals surface area (Å²) in [6.45, 7) is 2.97. The zero-order valence-electron chi connectivity index (χ0n) is 8.03. The van der Waals surface area contributed by atoms with Crippen LogP contribution < -0.4 is 0 Å². The average Bonchev–Trinajstić information content (AvgIpc) is 2.49.